The fourth-order valence-electron chi connectivity index (χ4n) is 5.41. The van der Waals surface area contributed by atoms with Gasteiger partial charge in [-0.25, -0.2) is 9.79 Å². The van der Waals surface area contributed by atoms with Gasteiger partial charge in [-0.05, 0) is 48.9 Å². The minimum Gasteiger partial charge on any atom is -0.463 e. The number of thiazole rings is 1. The molecule has 1 unspecified atom stereocenters. The molecule has 0 saturated carbocycles. The number of carbonyl (C=O) groups is 1. The summed E-state index contributed by atoms with van der Waals surface area (Å²) in [5.74, 6) is 0.951. The van der Waals surface area contributed by atoms with Gasteiger partial charge in [0.2, 0.25) is 6.79 Å². The molecule has 5 aromatic rings. The summed E-state index contributed by atoms with van der Waals surface area (Å²) in [4.78, 5) is 44.1. The van der Waals surface area contributed by atoms with Crippen LogP contribution < -0.4 is 24.4 Å². The summed E-state index contributed by atoms with van der Waals surface area (Å²) in [5.41, 5.74) is 1.45. The highest BCUT2D eigenvalue weighted by atomic mass is 35.5. The third-order valence-corrected chi connectivity index (χ3v) is 8.63. The van der Waals surface area contributed by atoms with E-state index in [1.165, 1.54) is 22.8 Å². The number of furan rings is 1. The van der Waals surface area contributed by atoms with E-state index in [-0.39, 0.29) is 51.3 Å². The van der Waals surface area contributed by atoms with Crippen LogP contribution in [0.4, 0.5) is 5.69 Å². The van der Waals surface area contributed by atoms with Gasteiger partial charge in [-0.1, -0.05) is 59.3 Å². The molecule has 11 nitrogen and oxygen atoms in total. The summed E-state index contributed by atoms with van der Waals surface area (Å²) in [5, 5.41) is 11.9. The quantitative estimate of drug-likeness (QED) is 0.128. The van der Waals surface area contributed by atoms with Crippen LogP contribution in [-0.2, 0) is 9.53 Å². The van der Waals surface area contributed by atoms with Crippen molar-refractivity contribution in [3.8, 4) is 22.8 Å². The Balaban J connectivity index is 1.42. The van der Waals surface area contributed by atoms with E-state index in [2.05, 4.69) is 0 Å². The van der Waals surface area contributed by atoms with Gasteiger partial charge in [-0.2, -0.15) is 0 Å². The van der Waals surface area contributed by atoms with Crippen molar-refractivity contribution in [2.45, 2.75) is 13.0 Å². The molecule has 2 aromatic heterocycles. The van der Waals surface area contributed by atoms with Crippen LogP contribution in [0.3, 0.4) is 0 Å². The molecule has 2 aliphatic rings. The van der Waals surface area contributed by atoms with Crippen LogP contribution in [0.15, 0.2) is 98.6 Å². The molecule has 13 heteroatoms. The van der Waals surface area contributed by atoms with E-state index in [0.29, 0.717) is 33.1 Å². The highest BCUT2D eigenvalue weighted by Gasteiger charge is 2.36. The molecule has 0 radical (unpaired) electrons. The molecule has 1 atom stereocenters. The Hall–Kier alpha value is -5.46. The lowest BCUT2D eigenvalue weighted by Gasteiger charge is -2.26. The molecule has 230 valence electrons. The van der Waals surface area contributed by atoms with Crippen molar-refractivity contribution >= 4 is 46.4 Å². The van der Waals surface area contributed by atoms with Crippen LogP contribution >= 0.6 is 22.9 Å². The zero-order valence-corrected chi connectivity index (χ0v) is 25.5. The zero-order chi connectivity index (χ0) is 31.9. The van der Waals surface area contributed by atoms with Gasteiger partial charge in [-0.15, -0.1) is 0 Å². The number of carbonyl (C=O) groups excluding carboxylic acids is 1. The van der Waals surface area contributed by atoms with Crippen molar-refractivity contribution in [1.29, 1.82) is 0 Å². The second-order valence-corrected chi connectivity index (χ2v) is 11.6. The fourth-order valence-corrected chi connectivity index (χ4v) is 6.55. The molecule has 46 heavy (non-hydrogen) atoms. The molecular formula is C33H22ClN3O8S. The molecule has 0 amide bonds. The van der Waals surface area contributed by atoms with Crippen LogP contribution in [0.5, 0.6) is 11.5 Å². The van der Waals surface area contributed by atoms with Crippen LogP contribution in [0.25, 0.3) is 23.1 Å². The monoisotopic (exact) mass is 655 g/mol. The number of nitro groups is 1. The normalized spacial score (nSPS) is 15.4. The number of fused-ring (bicyclic) bond motifs is 2. The molecule has 0 bridgehead atoms. The maximum Gasteiger partial charge on any atom is 0.338 e. The second kappa shape index (κ2) is 11.8. The lowest BCUT2D eigenvalue weighted by Crippen LogP contribution is -2.40. The minimum absolute atomic E-state index is 0.0572. The van der Waals surface area contributed by atoms with Crippen molar-refractivity contribution in [3.05, 3.63) is 136 Å². The lowest BCUT2D eigenvalue weighted by molar-refractivity contribution is -0.384. The third kappa shape index (κ3) is 5.17. The second-order valence-electron chi connectivity index (χ2n) is 10.2. The van der Waals surface area contributed by atoms with Crippen LogP contribution in [0.2, 0.25) is 5.02 Å². The van der Waals surface area contributed by atoms with Crippen molar-refractivity contribution in [1.82, 2.24) is 4.57 Å². The average Bonchev–Trinajstić information content (AvgIpc) is 3.80. The third-order valence-electron chi connectivity index (χ3n) is 7.41. The predicted octanol–water partition coefficient (Wildman–Crippen LogP) is 5.49. The molecule has 0 aliphatic carbocycles. The SMILES string of the molecule is CCOC(=O)C1=C(c2ccccc2)N=c2s/c(=C/c3ccc(-c4ccc(Cl)cc4[N+](=O)[O-])o3)c(=O)n2C1c1ccc2c(c1)OCO2. The molecular weight excluding hydrogens is 634 g/mol. The van der Waals surface area contributed by atoms with Gasteiger partial charge < -0.3 is 18.6 Å². The van der Waals surface area contributed by atoms with E-state index >= 15 is 0 Å². The smallest absolute Gasteiger partial charge is 0.338 e. The maximum absolute atomic E-state index is 14.2. The van der Waals surface area contributed by atoms with E-state index in [0.717, 1.165) is 11.3 Å². The van der Waals surface area contributed by atoms with Gasteiger partial charge in [-0.3, -0.25) is 19.5 Å². The lowest BCUT2D eigenvalue weighted by atomic mass is 9.93. The van der Waals surface area contributed by atoms with Crippen molar-refractivity contribution in [3.63, 3.8) is 0 Å². The molecule has 4 heterocycles. The Morgan fingerprint density at radius 3 is 2.70 bits per heavy atom. The number of nitro benzene ring substituents is 1. The number of hydrogen-bond acceptors (Lipinski definition) is 10. The summed E-state index contributed by atoms with van der Waals surface area (Å²) < 4.78 is 24.3. The van der Waals surface area contributed by atoms with Gasteiger partial charge in [0.15, 0.2) is 16.3 Å². The van der Waals surface area contributed by atoms with Crippen molar-refractivity contribution < 1.29 is 28.3 Å². The van der Waals surface area contributed by atoms with Gasteiger partial charge in [0.05, 0.1) is 38.9 Å². The summed E-state index contributed by atoms with van der Waals surface area (Å²) in [7, 11) is 0. The number of aromatic nitrogens is 1. The molecule has 0 fully saturated rings. The highest BCUT2D eigenvalue weighted by molar-refractivity contribution is 7.07. The summed E-state index contributed by atoms with van der Waals surface area (Å²) >= 11 is 7.10. The number of halogens is 1. The first kappa shape index (κ1) is 29.3. The Kier molecular flexibility index (Phi) is 7.51. The maximum atomic E-state index is 14.2. The van der Waals surface area contributed by atoms with Crippen molar-refractivity contribution in [2.24, 2.45) is 4.99 Å². The highest BCUT2D eigenvalue weighted by Crippen LogP contribution is 2.40. The van der Waals surface area contributed by atoms with Crippen LogP contribution in [-0.4, -0.2) is 28.9 Å². The minimum atomic E-state index is -0.911. The Morgan fingerprint density at radius 2 is 1.91 bits per heavy atom. The number of rotatable bonds is 7. The number of hydrogen-bond donors (Lipinski definition) is 0. The van der Waals surface area contributed by atoms with Crippen LogP contribution in [0, 0.1) is 10.1 Å². The summed E-state index contributed by atoms with van der Waals surface area (Å²) in [6, 6.07) is 21.0. The largest absolute Gasteiger partial charge is 0.463 e. The molecule has 7 rings (SSSR count). The van der Waals surface area contributed by atoms with Crippen LogP contribution in [0.1, 0.15) is 29.9 Å². The van der Waals surface area contributed by atoms with E-state index < -0.39 is 22.5 Å². The molecule has 0 spiro atoms. The topological polar surface area (TPSA) is 135 Å². The summed E-state index contributed by atoms with van der Waals surface area (Å²) in [6.07, 6.45) is 1.54. The van der Waals surface area contributed by atoms with E-state index in [9.17, 15) is 19.7 Å². The van der Waals surface area contributed by atoms with E-state index in [1.54, 1.807) is 43.3 Å². The molecule has 0 saturated heterocycles. The molecule has 0 N–H and O–H groups in total. The molecule has 3 aromatic carbocycles. The van der Waals surface area contributed by atoms with Gasteiger partial charge in [0.25, 0.3) is 11.2 Å². The zero-order valence-electron chi connectivity index (χ0n) is 24.0. The fraction of sp³-hybridized carbons (Fsp3) is 0.121. The Morgan fingerprint density at radius 1 is 1.11 bits per heavy atom. The first-order valence-electron chi connectivity index (χ1n) is 14.0. The number of benzene rings is 3. The summed E-state index contributed by atoms with van der Waals surface area (Å²) in [6.45, 7) is 1.89. The first-order chi connectivity index (χ1) is 22.3. The van der Waals surface area contributed by atoms with E-state index in [4.69, 9.17) is 35.2 Å². The van der Waals surface area contributed by atoms with Gasteiger partial charge >= 0.3 is 5.97 Å². The number of nitrogens with zero attached hydrogens (tertiary/aromatic N) is 3. The number of ether oxygens (including phenoxy) is 3. The Bertz CT molecular complexity index is 2250. The van der Waals surface area contributed by atoms with Gasteiger partial charge in [0.1, 0.15) is 11.5 Å². The Labute approximate surface area is 269 Å². The standard InChI is InChI=1S/C33H22ClN3O8S/c1-2-42-32(39)28-29(18-6-4-3-5-7-18)35-33-36(30(28)19-8-12-25-26(14-19)44-17-43-25)31(38)27(46-33)16-21-10-13-24(45-21)22-11-9-20(34)15-23(22)37(40)41/h3-16,30H,2,17H2,1H3/b27-16+. The first-order valence-corrected chi connectivity index (χ1v) is 15.2. The van der Waals surface area contributed by atoms with Gasteiger partial charge in [0, 0.05) is 22.7 Å². The average molecular weight is 656 g/mol. The predicted molar refractivity (Wildman–Crippen MR) is 169 cm³/mol. The molecule has 2 aliphatic heterocycles. The van der Waals surface area contributed by atoms with E-state index in [1.807, 2.05) is 30.3 Å². The number of esters is 1. The van der Waals surface area contributed by atoms with Crippen molar-refractivity contribution in [2.75, 3.05) is 13.4 Å².